The highest BCUT2D eigenvalue weighted by atomic mass is 19.1. The van der Waals surface area contributed by atoms with Crippen LogP contribution < -0.4 is 5.32 Å². The van der Waals surface area contributed by atoms with Crippen molar-refractivity contribution >= 4 is 0 Å². The molecule has 0 saturated heterocycles. The van der Waals surface area contributed by atoms with Crippen LogP contribution in [0.2, 0.25) is 0 Å². The van der Waals surface area contributed by atoms with Crippen molar-refractivity contribution in [2.75, 3.05) is 7.05 Å². The Morgan fingerprint density at radius 2 is 1.76 bits per heavy atom. The molecule has 0 aliphatic heterocycles. The molecule has 0 aromatic heterocycles. The molecule has 0 saturated carbocycles. The second-order valence-electron chi connectivity index (χ2n) is 5.94. The third-order valence-corrected chi connectivity index (χ3v) is 4.58. The van der Waals surface area contributed by atoms with Gasteiger partial charge in [0.15, 0.2) is 0 Å². The number of halogens is 1. The van der Waals surface area contributed by atoms with Crippen molar-refractivity contribution in [3.63, 3.8) is 0 Å². The molecular weight excluding hydrogens is 261 g/mol. The van der Waals surface area contributed by atoms with Gasteiger partial charge in [-0.05, 0) is 74.0 Å². The molecule has 1 atom stereocenters. The summed E-state index contributed by atoms with van der Waals surface area (Å²) in [4.78, 5) is 0. The van der Waals surface area contributed by atoms with E-state index in [1.807, 2.05) is 19.2 Å². The van der Waals surface area contributed by atoms with E-state index in [2.05, 4.69) is 30.4 Å². The average molecular weight is 283 g/mol. The lowest BCUT2D eigenvalue weighted by Gasteiger charge is -2.18. The minimum Gasteiger partial charge on any atom is -0.313 e. The molecule has 1 unspecified atom stereocenters. The van der Waals surface area contributed by atoms with Gasteiger partial charge in [0.1, 0.15) is 5.82 Å². The molecule has 0 heterocycles. The molecule has 0 spiro atoms. The summed E-state index contributed by atoms with van der Waals surface area (Å²) in [5.74, 6) is -0.141. The smallest absolute Gasteiger partial charge is 0.131 e. The van der Waals surface area contributed by atoms with E-state index in [9.17, 15) is 4.39 Å². The molecule has 2 heteroatoms. The summed E-state index contributed by atoms with van der Waals surface area (Å²) >= 11 is 0. The Bertz CT molecular complexity index is 648. The first-order valence-electron chi connectivity index (χ1n) is 7.78. The van der Waals surface area contributed by atoms with Crippen LogP contribution in [0.3, 0.4) is 0 Å². The van der Waals surface area contributed by atoms with Crippen molar-refractivity contribution in [2.24, 2.45) is 0 Å². The standard InChI is InChI=1S/C19H22FN/c1-13(21-2)15-9-10-19(20)18(12-15)17-8-7-14-5-3-4-6-16(14)11-17/h7-13,21H,3-6H2,1-2H3. The molecule has 0 amide bonds. The zero-order valence-electron chi connectivity index (χ0n) is 12.7. The van der Waals surface area contributed by atoms with E-state index in [1.54, 1.807) is 6.07 Å². The zero-order valence-corrected chi connectivity index (χ0v) is 12.7. The van der Waals surface area contributed by atoms with Gasteiger partial charge in [0.2, 0.25) is 0 Å². The molecule has 21 heavy (non-hydrogen) atoms. The Kier molecular flexibility index (Phi) is 4.07. The van der Waals surface area contributed by atoms with E-state index in [0.29, 0.717) is 5.56 Å². The Balaban J connectivity index is 2.03. The van der Waals surface area contributed by atoms with Gasteiger partial charge in [-0.1, -0.05) is 24.3 Å². The fraction of sp³-hybridized carbons (Fsp3) is 0.368. The van der Waals surface area contributed by atoms with Gasteiger partial charge in [0, 0.05) is 11.6 Å². The first kappa shape index (κ1) is 14.3. The van der Waals surface area contributed by atoms with Gasteiger partial charge < -0.3 is 5.32 Å². The van der Waals surface area contributed by atoms with Gasteiger partial charge in [-0.25, -0.2) is 4.39 Å². The maximum Gasteiger partial charge on any atom is 0.131 e. The Labute approximate surface area is 126 Å². The average Bonchev–Trinajstić information content (AvgIpc) is 2.54. The van der Waals surface area contributed by atoms with Crippen molar-refractivity contribution in [3.05, 3.63) is 58.9 Å². The van der Waals surface area contributed by atoms with Crippen LogP contribution in [0.4, 0.5) is 4.39 Å². The van der Waals surface area contributed by atoms with Crippen LogP contribution in [0.15, 0.2) is 36.4 Å². The Hall–Kier alpha value is -1.67. The predicted octanol–water partition coefficient (Wildman–Crippen LogP) is 4.65. The summed E-state index contributed by atoms with van der Waals surface area (Å²) in [6.07, 6.45) is 4.80. The molecule has 0 radical (unpaired) electrons. The van der Waals surface area contributed by atoms with E-state index >= 15 is 0 Å². The van der Waals surface area contributed by atoms with Crippen molar-refractivity contribution in [3.8, 4) is 11.1 Å². The molecule has 0 bridgehead atoms. The number of fused-ring (bicyclic) bond motifs is 1. The SMILES string of the molecule is CNC(C)c1ccc(F)c(-c2ccc3c(c2)CCCC3)c1. The molecular formula is C19H22FN. The molecule has 3 rings (SSSR count). The van der Waals surface area contributed by atoms with Gasteiger partial charge in [0.25, 0.3) is 0 Å². The fourth-order valence-electron chi connectivity index (χ4n) is 3.10. The van der Waals surface area contributed by atoms with Crippen molar-refractivity contribution in [1.82, 2.24) is 5.32 Å². The van der Waals surface area contributed by atoms with Crippen LogP contribution in [0.5, 0.6) is 0 Å². The topological polar surface area (TPSA) is 12.0 Å². The van der Waals surface area contributed by atoms with Crippen LogP contribution >= 0.6 is 0 Å². The van der Waals surface area contributed by atoms with Crippen LogP contribution in [0.25, 0.3) is 11.1 Å². The summed E-state index contributed by atoms with van der Waals surface area (Å²) in [5, 5.41) is 3.21. The van der Waals surface area contributed by atoms with Gasteiger partial charge in [-0.3, -0.25) is 0 Å². The van der Waals surface area contributed by atoms with Gasteiger partial charge in [0.05, 0.1) is 0 Å². The summed E-state index contributed by atoms with van der Waals surface area (Å²) in [6.45, 7) is 2.09. The molecule has 110 valence electrons. The molecule has 1 nitrogen and oxygen atoms in total. The molecule has 1 aliphatic carbocycles. The van der Waals surface area contributed by atoms with E-state index in [4.69, 9.17) is 0 Å². The fourth-order valence-corrected chi connectivity index (χ4v) is 3.10. The largest absolute Gasteiger partial charge is 0.313 e. The zero-order chi connectivity index (χ0) is 14.8. The van der Waals surface area contributed by atoms with E-state index in [-0.39, 0.29) is 11.9 Å². The minimum atomic E-state index is -0.141. The summed E-state index contributed by atoms with van der Waals surface area (Å²) < 4.78 is 14.2. The van der Waals surface area contributed by atoms with E-state index in [1.165, 1.54) is 24.0 Å². The number of hydrogen-bond donors (Lipinski definition) is 1. The molecule has 1 N–H and O–H groups in total. The summed E-state index contributed by atoms with van der Waals surface area (Å²) in [7, 11) is 1.92. The first-order valence-corrected chi connectivity index (χ1v) is 7.78. The number of hydrogen-bond acceptors (Lipinski definition) is 1. The van der Waals surface area contributed by atoms with Gasteiger partial charge in [-0.2, -0.15) is 0 Å². The van der Waals surface area contributed by atoms with E-state index < -0.39 is 0 Å². The van der Waals surface area contributed by atoms with Crippen molar-refractivity contribution < 1.29 is 4.39 Å². The third kappa shape index (κ3) is 2.86. The lowest BCUT2D eigenvalue weighted by molar-refractivity contribution is 0.622. The monoisotopic (exact) mass is 283 g/mol. The predicted molar refractivity (Wildman–Crippen MR) is 86.0 cm³/mol. The lowest BCUT2D eigenvalue weighted by Crippen LogP contribution is -2.12. The second-order valence-corrected chi connectivity index (χ2v) is 5.94. The number of nitrogens with one attached hydrogen (secondary N) is 1. The summed E-state index contributed by atoms with van der Waals surface area (Å²) in [6, 6.07) is 12.1. The van der Waals surface area contributed by atoms with Crippen LogP contribution in [0.1, 0.15) is 42.5 Å². The molecule has 2 aromatic rings. The number of aryl methyl sites for hydroxylation is 2. The lowest BCUT2D eigenvalue weighted by atomic mass is 9.88. The molecule has 0 fully saturated rings. The highest BCUT2D eigenvalue weighted by Gasteiger charge is 2.13. The molecule has 1 aliphatic rings. The minimum absolute atomic E-state index is 0.141. The number of benzene rings is 2. The van der Waals surface area contributed by atoms with Gasteiger partial charge >= 0.3 is 0 Å². The first-order chi connectivity index (χ1) is 10.2. The van der Waals surface area contributed by atoms with Crippen molar-refractivity contribution in [2.45, 2.75) is 38.6 Å². The highest BCUT2D eigenvalue weighted by Crippen LogP contribution is 2.30. The van der Waals surface area contributed by atoms with Crippen molar-refractivity contribution in [1.29, 1.82) is 0 Å². The highest BCUT2D eigenvalue weighted by molar-refractivity contribution is 5.66. The Morgan fingerprint density at radius 3 is 2.52 bits per heavy atom. The van der Waals surface area contributed by atoms with E-state index in [0.717, 1.165) is 24.0 Å². The van der Waals surface area contributed by atoms with Crippen LogP contribution in [-0.4, -0.2) is 7.05 Å². The summed E-state index contributed by atoms with van der Waals surface area (Å²) in [5.41, 5.74) is 5.66. The maximum atomic E-state index is 14.2. The number of rotatable bonds is 3. The maximum absolute atomic E-state index is 14.2. The van der Waals surface area contributed by atoms with Crippen LogP contribution in [0, 0.1) is 5.82 Å². The van der Waals surface area contributed by atoms with Crippen LogP contribution in [-0.2, 0) is 12.8 Å². The normalized spacial score (nSPS) is 15.6. The quantitative estimate of drug-likeness (QED) is 0.864. The molecule has 2 aromatic carbocycles. The Morgan fingerprint density at radius 1 is 1.00 bits per heavy atom. The van der Waals surface area contributed by atoms with Gasteiger partial charge in [-0.15, -0.1) is 0 Å². The third-order valence-electron chi connectivity index (χ3n) is 4.58. The second kappa shape index (κ2) is 5.98.